The predicted octanol–water partition coefficient (Wildman–Crippen LogP) is 4.08. The van der Waals surface area contributed by atoms with Gasteiger partial charge >= 0.3 is 0 Å². The largest absolute Gasteiger partial charge is 0.493 e. The molecule has 0 atom stereocenters. The van der Waals surface area contributed by atoms with E-state index in [2.05, 4.69) is 9.97 Å². The second kappa shape index (κ2) is 6.85. The molecule has 0 saturated heterocycles. The van der Waals surface area contributed by atoms with E-state index >= 15 is 0 Å². The third-order valence-electron chi connectivity index (χ3n) is 2.69. The minimum atomic E-state index is 0.291. The van der Waals surface area contributed by atoms with Crippen LogP contribution < -0.4 is 14.2 Å². The number of nitrogens with zero attached hydrogens (tertiary/aromatic N) is 2. The maximum absolute atomic E-state index is 6.04. The van der Waals surface area contributed by atoms with E-state index in [-0.39, 0.29) is 0 Å². The summed E-state index contributed by atoms with van der Waals surface area (Å²) in [6.45, 7) is 0. The van der Waals surface area contributed by atoms with Crippen LogP contribution in [0.25, 0.3) is 11.4 Å². The second-order valence-electron chi connectivity index (χ2n) is 3.86. The summed E-state index contributed by atoms with van der Waals surface area (Å²) in [5.74, 6) is 1.87. The van der Waals surface area contributed by atoms with E-state index in [4.69, 9.17) is 37.4 Å². The van der Waals surface area contributed by atoms with Crippen LogP contribution in [0.2, 0.25) is 10.3 Å². The number of hydrogen-bond acceptors (Lipinski definition) is 5. The summed E-state index contributed by atoms with van der Waals surface area (Å²) in [5, 5.41) is 0.582. The average molecular weight is 441 g/mol. The van der Waals surface area contributed by atoms with Crippen molar-refractivity contribution in [2.75, 3.05) is 21.3 Å². The van der Waals surface area contributed by atoms with Gasteiger partial charge in [-0.05, 0) is 34.7 Å². The van der Waals surface area contributed by atoms with E-state index in [9.17, 15) is 0 Å². The minimum absolute atomic E-state index is 0.291. The Bertz CT molecular complexity index is 634. The van der Waals surface area contributed by atoms with E-state index in [1.54, 1.807) is 12.1 Å². The van der Waals surface area contributed by atoms with Crippen molar-refractivity contribution in [2.24, 2.45) is 0 Å². The Kier molecular flexibility index (Phi) is 5.34. The van der Waals surface area contributed by atoms with Gasteiger partial charge in [0.25, 0.3) is 0 Å². The van der Waals surface area contributed by atoms with Gasteiger partial charge in [0.1, 0.15) is 10.3 Å². The quantitative estimate of drug-likeness (QED) is 0.529. The van der Waals surface area contributed by atoms with Crippen LogP contribution in [0.15, 0.2) is 12.1 Å². The first-order chi connectivity index (χ1) is 10.0. The third kappa shape index (κ3) is 3.27. The maximum atomic E-state index is 6.04. The fraction of sp³-hybridized carbons (Fsp3) is 0.231. The molecule has 0 aliphatic carbocycles. The van der Waals surface area contributed by atoms with Crippen molar-refractivity contribution in [3.8, 4) is 28.6 Å². The fourth-order valence-electron chi connectivity index (χ4n) is 1.73. The van der Waals surface area contributed by atoms with Crippen molar-refractivity contribution in [1.82, 2.24) is 9.97 Å². The molecule has 0 fully saturated rings. The molecular weight excluding hydrogens is 430 g/mol. The molecule has 0 radical (unpaired) electrons. The molecule has 0 N–H and O–H groups in total. The first-order valence-electron chi connectivity index (χ1n) is 5.70. The van der Waals surface area contributed by atoms with Crippen LogP contribution in [0.3, 0.4) is 0 Å². The fourth-order valence-corrected chi connectivity index (χ4v) is 2.36. The first-order valence-corrected chi connectivity index (χ1v) is 7.54. The molecule has 0 unspecified atom stereocenters. The summed E-state index contributed by atoms with van der Waals surface area (Å²) in [7, 11) is 4.61. The zero-order valence-corrected chi connectivity index (χ0v) is 15.1. The van der Waals surface area contributed by atoms with Crippen LogP contribution in [0.5, 0.6) is 17.2 Å². The highest BCUT2D eigenvalue weighted by atomic mass is 127. The van der Waals surface area contributed by atoms with Gasteiger partial charge < -0.3 is 14.2 Å². The Labute approximate surface area is 145 Å². The first kappa shape index (κ1) is 16.4. The number of methoxy groups -OCH3 is 3. The molecule has 21 heavy (non-hydrogen) atoms. The zero-order chi connectivity index (χ0) is 15.6. The zero-order valence-electron chi connectivity index (χ0n) is 11.4. The normalized spacial score (nSPS) is 10.4. The van der Waals surface area contributed by atoms with Gasteiger partial charge in [0.2, 0.25) is 5.75 Å². The number of ether oxygens (including phenoxy) is 3. The summed E-state index contributed by atoms with van der Waals surface area (Å²) in [6.07, 6.45) is 0. The predicted molar refractivity (Wildman–Crippen MR) is 89.9 cm³/mol. The molecule has 0 bridgehead atoms. The molecular formula is C13H11Cl2IN2O3. The van der Waals surface area contributed by atoms with Gasteiger partial charge in [-0.2, -0.15) is 0 Å². The van der Waals surface area contributed by atoms with Crippen molar-refractivity contribution < 1.29 is 14.2 Å². The van der Waals surface area contributed by atoms with E-state index in [0.717, 1.165) is 0 Å². The molecule has 2 aromatic rings. The molecule has 5 nitrogen and oxygen atoms in total. The number of halogens is 3. The number of rotatable bonds is 4. The number of hydrogen-bond donors (Lipinski definition) is 0. The highest BCUT2D eigenvalue weighted by Gasteiger charge is 2.17. The van der Waals surface area contributed by atoms with Crippen LogP contribution in [0.1, 0.15) is 0 Å². The van der Waals surface area contributed by atoms with E-state index in [1.807, 2.05) is 22.6 Å². The Balaban J connectivity index is 2.64. The van der Waals surface area contributed by atoms with Crippen molar-refractivity contribution in [1.29, 1.82) is 0 Å². The average Bonchev–Trinajstić information content (AvgIpc) is 2.50. The lowest BCUT2D eigenvalue weighted by Gasteiger charge is -2.14. The van der Waals surface area contributed by atoms with Gasteiger partial charge in [-0.3, -0.25) is 0 Å². The summed E-state index contributed by atoms with van der Waals surface area (Å²) < 4.78 is 16.5. The summed E-state index contributed by atoms with van der Waals surface area (Å²) in [4.78, 5) is 8.44. The molecule has 1 aromatic heterocycles. The molecule has 0 aliphatic rings. The standard InChI is InChI=1S/C13H11Cl2IN2O3/c1-19-7-4-6(5-8(20-2)10(7)21-3)13-17-11(14)9(16)12(15)18-13/h4-5H,1-3H3. The summed E-state index contributed by atoms with van der Waals surface area (Å²) in [5.41, 5.74) is 0.657. The van der Waals surface area contributed by atoms with Crippen LogP contribution in [0, 0.1) is 3.57 Å². The molecule has 112 valence electrons. The molecule has 1 heterocycles. The SMILES string of the molecule is COc1cc(-c2nc(Cl)c(I)c(Cl)n2)cc(OC)c1OC. The Morgan fingerprint density at radius 2 is 1.38 bits per heavy atom. The Morgan fingerprint density at radius 3 is 1.76 bits per heavy atom. The lowest BCUT2D eigenvalue weighted by atomic mass is 10.1. The van der Waals surface area contributed by atoms with Crippen molar-refractivity contribution in [3.63, 3.8) is 0 Å². The van der Waals surface area contributed by atoms with E-state index in [1.165, 1.54) is 21.3 Å². The van der Waals surface area contributed by atoms with E-state index in [0.29, 0.717) is 42.5 Å². The molecule has 0 amide bonds. The van der Waals surface area contributed by atoms with Crippen LogP contribution in [0.4, 0.5) is 0 Å². The molecule has 8 heteroatoms. The maximum Gasteiger partial charge on any atom is 0.203 e. The second-order valence-corrected chi connectivity index (χ2v) is 5.65. The third-order valence-corrected chi connectivity index (χ3v) is 4.90. The summed E-state index contributed by atoms with van der Waals surface area (Å²) in [6, 6.07) is 3.46. The lowest BCUT2D eigenvalue weighted by molar-refractivity contribution is 0.324. The van der Waals surface area contributed by atoms with Gasteiger partial charge in [-0.15, -0.1) is 0 Å². The monoisotopic (exact) mass is 440 g/mol. The molecule has 2 rings (SSSR count). The van der Waals surface area contributed by atoms with Gasteiger partial charge in [0.05, 0.1) is 24.9 Å². The van der Waals surface area contributed by atoms with Crippen molar-refractivity contribution in [2.45, 2.75) is 0 Å². The van der Waals surface area contributed by atoms with Gasteiger partial charge in [0.15, 0.2) is 17.3 Å². The summed E-state index contributed by atoms with van der Waals surface area (Å²) >= 11 is 14.1. The van der Waals surface area contributed by atoms with Gasteiger partial charge in [-0.25, -0.2) is 9.97 Å². The number of aromatic nitrogens is 2. The lowest BCUT2D eigenvalue weighted by Crippen LogP contribution is -1.98. The van der Waals surface area contributed by atoms with Crippen LogP contribution >= 0.6 is 45.8 Å². The van der Waals surface area contributed by atoms with E-state index < -0.39 is 0 Å². The van der Waals surface area contributed by atoms with Crippen molar-refractivity contribution >= 4 is 45.8 Å². The smallest absolute Gasteiger partial charge is 0.203 e. The molecule has 1 aromatic carbocycles. The van der Waals surface area contributed by atoms with Crippen LogP contribution in [-0.2, 0) is 0 Å². The molecule has 0 aliphatic heterocycles. The van der Waals surface area contributed by atoms with Gasteiger partial charge in [0, 0.05) is 5.56 Å². The highest BCUT2D eigenvalue weighted by molar-refractivity contribution is 14.1. The molecule has 0 saturated carbocycles. The molecule has 0 spiro atoms. The Morgan fingerprint density at radius 1 is 0.905 bits per heavy atom. The topological polar surface area (TPSA) is 53.5 Å². The minimum Gasteiger partial charge on any atom is -0.493 e. The highest BCUT2D eigenvalue weighted by Crippen LogP contribution is 2.41. The Hall–Kier alpha value is -0.990. The van der Waals surface area contributed by atoms with Crippen LogP contribution in [-0.4, -0.2) is 31.3 Å². The number of benzene rings is 1. The van der Waals surface area contributed by atoms with Gasteiger partial charge in [-0.1, -0.05) is 23.2 Å². The van der Waals surface area contributed by atoms with Crippen molar-refractivity contribution in [3.05, 3.63) is 26.0 Å².